The second kappa shape index (κ2) is 20.3. The van der Waals surface area contributed by atoms with Crippen molar-refractivity contribution in [3.8, 4) is 17.0 Å². The Morgan fingerprint density at radius 3 is 2.36 bits per heavy atom. The molecule has 5 atom stereocenters. The number of pyridine rings is 3. The molecule has 6 aliphatic rings. The highest BCUT2D eigenvalue weighted by molar-refractivity contribution is 7.46. The highest BCUT2D eigenvalue weighted by Gasteiger charge is 2.49. The predicted molar refractivity (Wildman–Crippen MR) is 287 cm³/mol. The summed E-state index contributed by atoms with van der Waals surface area (Å²) in [6, 6.07) is 13.3. The number of imide groups is 2. The number of piperazine rings is 1. The van der Waals surface area contributed by atoms with Crippen LogP contribution in [0.2, 0.25) is 0 Å². The van der Waals surface area contributed by atoms with Gasteiger partial charge >= 0.3 is 7.82 Å². The molecule has 78 heavy (non-hydrogen) atoms. The van der Waals surface area contributed by atoms with Crippen LogP contribution in [-0.2, 0) is 44.7 Å². The molecular weight excluding hydrogens is 1020 g/mol. The van der Waals surface area contributed by atoms with Gasteiger partial charge < -0.3 is 39.3 Å². The van der Waals surface area contributed by atoms with E-state index in [0.717, 1.165) is 68.5 Å². The van der Waals surface area contributed by atoms with Gasteiger partial charge in [-0.15, -0.1) is 0 Å². The Labute approximate surface area is 455 Å². The number of hydrogen-bond donors (Lipinski definition) is 4. The summed E-state index contributed by atoms with van der Waals surface area (Å²) in [6.45, 7) is 13.4. The fraction of sp³-hybridized carbons (Fsp3) is 0.455. The van der Waals surface area contributed by atoms with Gasteiger partial charge in [-0.2, -0.15) is 0 Å². The summed E-state index contributed by atoms with van der Waals surface area (Å²) in [5.74, 6) is -2.71. The van der Waals surface area contributed by atoms with Gasteiger partial charge in [0.1, 0.15) is 35.3 Å². The fourth-order valence-electron chi connectivity index (χ4n) is 12.7. The number of phosphoric acid groups is 1. The number of nitrogens with one attached hydrogen (secondary N) is 1. The zero-order chi connectivity index (χ0) is 57.6. The number of aliphatic hydroxyl groups is 1. The quantitative estimate of drug-likeness (QED) is 0.0838. The highest BCUT2D eigenvalue weighted by Crippen LogP contribution is 2.43. The highest BCUT2D eigenvalue weighted by atomic mass is 31.2. The number of likely N-dealkylation sites (tertiary alicyclic amines) is 1. The maximum absolute atomic E-state index is 14.1. The molecule has 4 aromatic heterocycles. The first-order chi connectivity index (χ1) is 38.4. The lowest BCUT2D eigenvalue weighted by atomic mass is 9.90. The molecule has 0 saturated carbocycles. The van der Waals surface area contributed by atoms with Crippen LogP contribution in [0.1, 0.15) is 112 Å². The average Bonchev–Trinajstić information content (AvgIpc) is 4.25. The molecule has 1 aromatic carbocycles. The molecule has 22 nitrogen and oxygen atoms in total. The predicted octanol–water partition coefficient (Wildman–Crippen LogP) is 5.51. The molecule has 5 amide bonds. The van der Waals surface area contributed by atoms with E-state index in [1.54, 1.807) is 53.7 Å². The maximum atomic E-state index is 14.1. The Kier molecular flexibility index (Phi) is 12.8. The van der Waals surface area contributed by atoms with Crippen LogP contribution in [0.3, 0.4) is 0 Å². The summed E-state index contributed by atoms with van der Waals surface area (Å²) < 4.78 is 47.2. The van der Waals surface area contributed by atoms with Crippen LogP contribution in [0.5, 0.6) is 5.88 Å². The molecule has 3 fully saturated rings. The zero-order valence-electron chi connectivity index (χ0n) is 47.0. The van der Waals surface area contributed by atoms with Crippen LogP contribution in [-0.4, -0.2) is 149 Å². The van der Waals surface area contributed by atoms with E-state index < -0.39 is 57.4 Å². The van der Waals surface area contributed by atoms with Gasteiger partial charge in [0.15, 0.2) is 0 Å². The summed E-state index contributed by atoms with van der Waals surface area (Å²) in [7, 11) is -7.90. The van der Waals surface area contributed by atoms with Gasteiger partial charge in [-0.25, -0.2) is 19.5 Å². The van der Waals surface area contributed by atoms with Crippen molar-refractivity contribution in [1.82, 2.24) is 34.2 Å². The number of benzene rings is 1. The number of fused-ring (bicyclic) bond motifs is 4. The molecule has 5 aliphatic heterocycles. The maximum Gasteiger partial charge on any atom is 0.471 e. The van der Waals surface area contributed by atoms with Gasteiger partial charge in [0.05, 0.1) is 40.8 Å². The number of anilines is 5. The van der Waals surface area contributed by atoms with Crippen LogP contribution in [0.25, 0.3) is 11.1 Å². The molecule has 0 radical (unpaired) electrons. The SMILES string of the molecule is [2H]C([2H])([2H])Oc1ncc(-c2ccnc(N3CCn4c(cc5c4CC(C)(C)C5)C3=O)c2CO)cc1Nc1ccc(N2CCN(C3CCN(c4ccc5c(c4)C(=O)N(C4CCC(=O)N(C(C)OP(=O)(O)O)C4=O)C5=O)[C@H](C)C3)C[C@@H]2C)cn1. The van der Waals surface area contributed by atoms with E-state index in [-0.39, 0.29) is 65.0 Å². The van der Waals surface area contributed by atoms with Crippen molar-refractivity contribution in [3.05, 3.63) is 101 Å². The van der Waals surface area contributed by atoms with E-state index in [0.29, 0.717) is 58.6 Å². The van der Waals surface area contributed by atoms with Crippen LogP contribution < -0.4 is 24.8 Å². The Bertz CT molecular complexity index is 3430. The second-order valence-electron chi connectivity index (χ2n) is 22.0. The van der Waals surface area contributed by atoms with Crippen molar-refractivity contribution in [2.45, 2.75) is 117 Å². The molecule has 5 aromatic rings. The van der Waals surface area contributed by atoms with E-state index in [1.807, 2.05) is 12.1 Å². The van der Waals surface area contributed by atoms with Gasteiger partial charge in [0.25, 0.3) is 23.6 Å². The number of carbonyl (C=O) groups is 5. The third-order valence-corrected chi connectivity index (χ3v) is 16.9. The summed E-state index contributed by atoms with van der Waals surface area (Å²) in [4.78, 5) is 110. The molecule has 9 heterocycles. The summed E-state index contributed by atoms with van der Waals surface area (Å²) in [5.41, 5.74) is 6.74. The molecule has 1 aliphatic carbocycles. The normalized spacial score (nSPS) is 23.7. The van der Waals surface area contributed by atoms with Crippen molar-refractivity contribution in [2.75, 3.05) is 59.8 Å². The van der Waals surface area contributed by atoms with Gasteiger partial charge in [-0.1, -0.05) is 13.8 Å². The number of amides is 5. The van der Waals surface area contributed by atoms with E-state index >= 15 is 0 Å². The molecule has 0 spiro atoms. The van der Waals surface area contributed by atoms with Crippen molar-refractivity contribution >= 4 is 66.1 Å². The number of phosphoric ester groups is 1. The van der Waals surface area contributed by atoms with Crippen LogP contribution in [0.4, 0.5) is 28.7 Å². The summed E-state index contributed by atoms with van der Waals surface area (Å²) in [5, 5.41) is 14.1. The van der Waals surface area contributed by atoms with Crippen LogP contribution >= 0.6 is 7.82 Å². The molecule has 410 valence electrons. The lowest BCUT2D eigenvalue weighted by molar-refractivity contribution is -0.161. The molecule has 23 heteroatoms. The summed E-state index contributed by atoms with van der Waals surface area (Å²) in [6.07, 6.45) is 6.26. The van der Waals surface area contributed by atoms with Gasteiger partial charge in [-0.3, -0.25) is 48.1 Å². The number of ether oxygens (including phenoxy) is 1. The lowest BCUT2D eigenvalue weighted by Crippen LogP contribution is -2.58. The minimum atomic E-state index is -5.08. The standard InChI is InChI=1S/C55H64N11O11P/c1-31-21-36(14-16-61(31)37-7-9-40-41(24-37)52(70)66(51(40)69)44-10-12-48(68)65(54(44)72)33(3)77-78(73,74)75)60-17-18-62(32(2)29-60)38-8-11-47(57-28-38)59-43-22-35(27-58-50(43)76-6)39-13-15-56-49(42(39)30-67)64-20-19-63-45(53(64)71)23-34-25-55(4,5)26-46(34)63/h7-9,11,13,15,22-24,27-28,31-33,36,44,67H,10,12,14,16-21,25-26,29-30H2,1-6H3,(H,57,59)(H2,73,74,75)/t31-,32+,33?,36?,44?/m1/s1/i6D3. The Hall–Kier alpha value is -7.07. The minimum Gasteiger partial charge on any atom is -0.480 e. The number of piperidine rings is 2. The van der Waals surface area contributed by atoms with E-state index in [2.05, 4.69) is 66.8 Å². The van der Waals surface area contributed by atoms with Crippen molar-refractivity contribution in [2.24, 2.45) is 5.41 Å². The Morgan fingerprint density at radius 2 is 1.63 bits per heavy atom. The molecule has 0 bridgehead atoms. The molecule has 11 rings (SSSR count). The molecule has 3 unspecified atom stereocenters. The van der Waals surface area contributed by atoms with E-state index in [1.165, 1.54) is 17.5 Å². The number of rotatable bonds is 13. The number of aliphatic hydroxyl groups excluding tert-OH is 1. The molecule has 4 N–H and O–H groups in total. The first kappa shape index (κ1) is 49.2. The monoisotopic (exact) mass is 1090 g/mol. The zero-order valence-corrected chi connectivity index (χ0v) is 44.9. The first-order valence-electron chi connectivity index (χ1n) is 27.8. The first-order valence-corrected chi connectivity index (χ1v) is 27.8. The molecular formula is C55H64N11O11P. The minimum absolute atomic E-state index is 0.0615. The number of methoxy groups -OCH3 is 1. The van der Waals surface area contributed by atoms with E-state index in [9.17, 15) is 43.4 Å². The third-order valence-electron chi connectivity index (χ3n) is 16.3. The smallest absolute Gasteiger partial charge is 0.471 e. The fourth-order valence-corrected chi connectivity index (χ4v) is 13.2. The third kappa shape index (κ3) is 9.61. The Morgan fingerprint density at radius 1 is 0.846 bits per heavy atom. The number of hydrogen-bond acceptors (Lipinski definition) is 16. The number of aromatic nitrogens is 4. The second-order valence-corrected chi connectivity index (χ2v) is 23.2. The number of carbonyl (C=O) groups excluding carboxylic acids is 5. The largest absolute Gasteiger partial charge is 0.480 e. The summed E-state index contributed by atoms with van der Waals surface area (Å²) >= 11 is 0. The topological polar surface area (TPSA) is 257 Å². The van der Waals surface area contributed by atoms with Crippen molar-refractivity contribution in [3.63, 3.8) is 0 Å². The lowest BCUT2D eigenvalue weighted by Gasteiger charge is -2.48. The molecule has 3 saturated heterocycles. The van der Waals surface area contributed by atoms with Crippen LogP contribution in [0.15, 0.2) is 67.1 Å². The number of nitrogens with zero attached hydrogens (tertiary/aromatic N) is 10. The van der Waals surface area contributed by atoms with Crippen LogP contribution in [0, 0.1) is 5.41 Å². The van der Waals surface area contributed by atoms with Gasteiger partial charge in [-0.05, 0) is 118 Å². The van der Waals surface area contributed by atoms with Gasteiger partial charge in [0, 0.05) is 98.7 Å². The van der Waals surface area contributed by atoms with Crippen molar-refractivity contribution in [1.29, 1.82) is 0 Å². The average molecular weight is 1090 g/mol. The van der Waals surface area contributed by atoms with Crippen molar-refractivity contribution < 1.29 is 56.8 Å². The Balaban J connectivity index is 0.730. The van der Waals surface area contributed by atoms with Gasteiger partial charge in [0.2, 0.25) is 11.8 Å². The van der Waals surface area contributed by atoms with E-state index in [4.69, 9.17) is 13.8 Å².